The molecule has 0 spiro atoms. The number of halogens is 8. The molecule has 204 valence electrons. The maximum atomic E-state index is 13.7. The molecular formula is C26H17ClF7N3O2. The molecule has 1 amide bonds. The fraction of sp³-hybridized carbons (Fsp3) is 0.192. The van der Waals surface area contributed by atoms with Crippen molar-refractivity contribution in [3.05, 3.63) is 98.3 Å². The number of benzene rings is 2. The van der Waals surface area contributed by atoms with Crippen molar-refractivity contribution in [2.75, 3.05) is 7.05 Å². The van der Waals surface area contributed by atoms with Crippen LogP contribution in [0.2, 0.25) is 5.02 Å². The van der Waals surface area contributed by atoms with Gasteiger partial charge in [0.15, 0.2) is 0 Å². The molecule has 0 saturated heterocycles. The molecule has 4 aromatic rings. The molecule has 0 saturated carbocycles. The Kier molecular flexibility index (Phi) is 7.20. The molecule has 0 atom stereocenters. The number of alkyl halides is 6. The zero-order valence-corrected chi connectivity index (χ0v) is 20.8. The molecule has 0 aliphatic rings. The highest BCUT2D eigenvalue weighted by molar-refractivity contribution is 6.31. The first kappa shape index (κ1) is 28.1. The van der Waals surface area contributed by atoms with E-state index in [2.05, 4.69) is 4.98 Å². The molecule has 2 heterocycles. The number of rotatable bonds is 4. The van der Waals surface area contributed by atoms with Crippen LogP contribution in [0.15, 0.2) is 59.5 Å². The van der Waals surface area contributed by atoms with Crippen LogP contribution in [0.4, 0.5) is 30.7 Å². The van der Waals surface area contributed by atoms with E-state index < -0.39 is 52.9 Å². The van der Waals surface area contributed by atoms with Crippen LogP contribution < -0.4 is 5.56 Å². The van der Waals surface area contributed by atoms with Crippen molar-refractivity contribution in [1.29, 1.82) is 0 Å². The van der Waals surface area contributed by atoms with E-state index in [1.54, 1.807) is 0 Å². The van der Waals surface area contributed by atoms with Crippen molar-refractivity contribution in [3.63, 3.8) is 0 Å². The summed E-state index contributed by atoms with van der Waals surface area (Å²) in [4.78, 5) is 31.7. The fourth-order valence-corrected chi connectivity index (χ4v) is 4.31. The molecule has 0 aliphatic heterocycles. The zero-order valence-electron chi connectivity index (χ0n) is 20.1. The van der Waals surface area contributed by atoms with Crippen LogP contribution in [0.3, 0.4) is 0 Å². The standard InChI is InChI=1S/C26H17ClF7N3O2/c1-36(12-13-7-15(25(29,30)31)9-16(8-13)26(32,33)34)24(39)22-20(14-3-5-18(28)6-4-14)19-10-17(27)11-35-21(19)23(38)37(22)2/h3-11H,12H2,1-2H3. The van der Waals surface area contributed by atoms with Gasteiger partial charge in [-0.1, -0.05) is 23.7 Å². The van der Waals surface area contributed by atoms with Crippen molar-refractivity contribution in [2.24, 2.45) is 7.05 Å². The predicted octanol–water partition coefficient (Wildman–Crippen LogP) is 6.70. The number of amides is 1. The monoisotopic (exact) mass is 571 g/mol. The van der Waals surface area contributed by atoms with Crippen molar-refractivity contribution in [2.45, 2.75) is 18.9 Å². The number of hydrogen-bond acceptors (Lipinski definition) is 3. The molecule has 2 aromatic heterocycles. The smallest absolute Gasteiger partial charge is 0.336 e. The molecule has 5 nitrogen and oxygen atoms in total. The highest BCUT2D eigenvalue weighted by Gasteiger charge is 2.37. The zero-order chi connectivity index (χ0) is 28.9. The molecule has 39 heavy (non-hydrogen) atoms. The lowest BCUT2D eigenvalue weighted by Crippen LogP contribution is -2.33. The summed E-state index contributed by atoms with van der Waals surface area (Å²) in [5.74, 6) is -1.49. The summed E-state index contributed by atoms with van der Waals surface area (Å²) >= 11 is 6.09. The number of hydrogen-bond donors (Lipinski definition) is 0. The molecular weight excluding hydrogens is 555 g/mol. The fourth-order valence-electron chi connectivity index (χ4n) is 4.15. The molecule has 0 radical (unpaired) electrons. The van der Waals surface area contributed by atoms with Gasteiger partial charge < -0.3 is 9.47 Å². The Morgan fingerprint density at radius 2 is 1.54 bits per heavy atom. The molecule has 0 N–H and O–H groups in total. The van der Waals surface area contributed by atoms with Crippen LogP contribution in [0.1, 0.15) is 27.2 Å². The van der Waals surface area contributed by atoms with Gasteiger partial charge in [-0.3, -0.25) is 9.59 Å². The van der Waals surface area contributed by atoms with E-state index in [1.165, 1.54) is 31.4 Å². The Morgan fingerprint density at radius 1 is 0.974 bits per heavy atom. The van der Waals surface area contributed by atoms with Gasteiger partial charge in [-0.05, 0) is 47.5 Å². The summed E-state index contributed by atoms with van der Waals surface area (Å²) in [5, 5.41) is 0.266. The van der Waals surface area contributed by atoms with Gasteiger partial charge >= 0.3 is 12.4 Å². The van der Waals surface area contributed by atoms with Crippen LogP contribution in [0.25, 0.3) is 22.0 Å². The minimum Gasteiger partial charge on any atom is -0.336 e. The first-order valence-electron chi connectivity index (χ1n) is 11.1. The second-order valence-corrected chi connectivity index (χ2v) is 9.16. The molecule has 0 bridgehead atoms. The lowest BCUT2D eigenvalue weighted by atomic mass is 9.97. The van der Waals surface area contributed by atoms with Gasteiger partial charge in [0.25, 0.3) is 11.5 Å². The maximum absolute atomic E-state index is 13.7. The van der Waals surface area contributed by atoms with Crippen molar-refractivity contribution >= 4 is 28.4 Å². The van der Waals surface area contributed by atoms with Gasteiger partial charge in [0, 0.05) is 37.8 Å². The second kappa shape index (κ2) is 9.99. The summed E-state index contributed by atoms with van der Waals surface area (Å²) in [6.07, 6.45) is -8.91. The predicted molar refractivity (Wildman–Crippen MR) is 130 cm³/mol. The van der Waals surface area contributed by atoms with E-state index in [4.69, 9.17) is 11.6 Å². The topological polar surface area (TPSA) is 55.2 Å². The Bertz CT molecular complexity index is 1610. The molecule has 4 rings (SSSR count). The van der Waals surface area contributed by atoms with Gasteiger partial charge in [-0.25, -0.2) is 9.37 Å². The highest BCUT2D eigenvalue weighted by Crippen LogP contribution is 2.37. The third kappa shape index (κ3) is 5.60. The number of carbonyl (C=O) groups excluding carboxylic acids is 1. The third-order valence-electron chi connectivity index (χ3n) is 5.95. The third-order valence-corrected chi connectivity index (χ3v) is 6.16. The average molecular weight is 572 g/mol. The Balaban J connectivity index is 1.88. The van der Waals surface area contributed by atoms with E-state index in [0.717, 1.165) is 28.6 Å². The van der Waals surface area contributed by atoms with Crippen LogP contribution in [-0.2, 0) is 25.9 Å². The van der Waals surface area contributed by atoms with Crippen molar-refractivity contribution in [1.82, 2.24) is 14.5 Å². The van der Waals surface area contributed by atoms with Crippen LogP contribution in [0.5, 0.6) is 0 Å². The Labute approximate surface area is 221 Å². The highest BCUT2D eigenvalue weighted by atomic mass is 35.5. The quantitative estimate of drug-likeness (QED) is 0.256. The maximum Gasteiger partial charge on any atom is 0.416 e. The number of pyridine rings is 2. The molecule has 0 fully saturated rings. The Hall–Kier alpha value is -3.93. The number of carbonyl (C=O) groups is 1. The molecule has 13 heteroatoms. The number of fused-ring (bicyclic) bond motifs is 1. The lowest BCUT2D eigenvalue weighted by molar-refractivity contribution is -0.143. The summed E-state index contributed by atoms with van der Waals surface area (Å²) in [6.45, 7) is -0.658. The largest absolute Gasteiger partial charge is 0.416 e. The van der Waals surface area contributed by atoms with Crippen LogP contribution >= 0.6 is 11.6 Å². The van der Waals surface area contributed by atoms with E-state index in [1.807, 2.05) is 0 Å². The van der Waals surface area contributed by atoms with Crippen LogP contribution in [0, 0.1) is 5.82 Å². The van der Waals surface area contributed by atoms with Crippen molar-refractivity contribution < 1.29 is 35.5 Å². The normalized spacial score (nSPS) is 12.2. The van der Waals surface area contributed by atoms with Gasteiger partial charge in [-0.2, -0.15) is 26.3 Å². The molecule has 0 unspecified atom stereocenters. The summed E-state index contributed by atoms with van der Waals surface area (Å²) in [6, 6.07) is 7.31. The number of nitrogens with zero attached hydrogens (tertiary/aromatic N) is 3. The second-order valence-electron chi connectivity index (χ2n) is 8.72. The van der Waals surface area contributed by atoms with Gasteiger partial charge in [-0.15, -0.1) is 0 Å². The van der Waals surface area contributed by atoms with E-state index in [-0.39, 0.29) is 38.8 Å². The average Bonchev–Trinajstić information content (AvgIpc) is 2.85. The number of aromatic nitrogens is 2. The van der Waals surface area contributed by atoms with Crippen LogP contribution in [-0.4, -0.2) is 27.4 Å². The van der Waals surface area contributed by atoms with Gasteiger partial charge in [0.05, 0.1) is 16.1 Å². The van der Waals surface area contributed by atoms with Crippen molar-refractivity contribution in [3.8, 4) is 11.1 Å². The Morgan fingerprint density at radius 3 is 2.08 bits per heavy atom. The van der Waals surface area contributed by atoms with E-state index in [0.29, 0.717) is 12.1 Å². The van der Waals surface area contributed by atoms with Gasteiger partial charge in [0.2, 0.25) is 0 Å². The minimum absolute atomic E-state index is 0.0122. The molecule has 0 aliphatic carbocycles. The summed E-state index contributed by atoms with van der Waals surface area (Å²) in [5.41, 5.74) is -4.11. The summed E-state index contributed by atoms with van der Waals surface area (Å²) in [7, 11) is 2.42. The van der Waals surface area contributed by atoms with E-state index in [9.17, 15) is 40.3 Å². The minimum atomic E-state index is -5.07. The van der Waals surface area contributed by atoms with Gasteiger partial charge in [0.1, 0.15) is 17.0 Å². The first-order chi connectivity index (χ1) is 18.1. The van der Waals surface area contributed by atoms with E-state index >= 15 is 0 Å². The SMILES string of the molecule is CN(Cc1cc(C(F)(F)F)cc(C(F)(F)F)c1)C(=O)c1c(-c2ccc(F)cc2)c2cc(Cl)cnc2c(=O)n1C. The lowest BCUT2D eigenvalue weighted by Gasteiger charge is -2.23. The molecule has 2 aromatic carbocycles. The first-order valence-corrected chi connectivity index (χ1v) is 11.4. The summed E-state index contributed by atoms with van der Waals surface area (Å²) < 4.78 is 94.5.